The minimum Gasteiger partial charge on any atom is -0.357 e. The highest BCUT2D eigenvalue weighted by Gasteiger charge is 2.30. The molecule has 0 saturated carbocycles. The third-order valence-electron chi connectivity index (χ3n) is 4.06. The van der Waals surface area contributed by atoms with Crippen LogP contribution in [-0.2, 0) is 4.79 Å². The van der Waals surface area contributed by atoms with Gasteiger partial charge >= 0.3 is 0 Å². The van der Waals surface area contributed by atoms with Crippen molar-refractivity contribution in [3.8, 4) is 0 Å². The lowest BCUT2D eigenvalue weighted by atomic mass is 10.1. The fourth-order valence-electron chi connectivity index (χ4n) is 2.84. The smallest absolute Gasteiger partial charge is 0.244 e. The molecule has 1 atom stereocenters. The van der Waals surface area contributed by atoms with Gasteiger partial charge in [0, 0.05) is 37.4 Å². The molecule has 104 valence electrons. The predicted molar refractivity (Wildman–Crippen MR) is 80.9 cm³/mol. The van der Waals surface area contributed by atoms with E-state index >= 15 is 0 Å². The zero-order chi connectivity index (χ0) is 14.3. The molecule has 1 aliphatic heterocycles. The quantitative estimate of drug-likeness (QED) is 0.796. The maximum atomic E-state index is 12.2. The van der Waals surface area contributed by atoms with Crippen molar-refractivity contribution in [2.75, 3.05) is 25.0 Å². The Morgan fingerprint density at radius 1 is 1.25 bits per heavy atom. The van der Waals surface area contributed by atoms with Crippen LogP contribution in [0, 0.1) is 6.92 Å². The van der Waals surface area contributed by atoms with Gasteiger partial charge in [-0.05, 0) is 32.0 Å². The van der Waals surface area contributed by atoms with E-state index in [4.69, 9.17) is 0 Å². The monoisotopic (exact) mass is 269 g/mol. The van der Waals surface area contributed by atoms with Crippen LogP contribution in [0.4, 0.5) is 5.69 Å². The number of aromatic nitrogens is 1. The lowest BCUT2D eigenvalue weighted by Crippen LogP contribution is -2.54. The van der Waals surface area contributed by atoms with Crippen molar-refractivity contribution in [2.45, 2.75) is 19.9 Å². The van der Waals surface area contributed by atoms with Crippen LogP contribution in [0.3, 0.4) is 0 Å². The van der Waals surface area contributed by atoms with Gasteiger partial charge in [0.25, 0.3) is 0 Å². The summed E-state index contributed by atoms with van der Waals surface area (Å²) in [6.45, 7) is 5.67. The Bertz CT molecular complexity index is 668. The highest BCUT2D eigenvalue weighted by molar-refractivity contribution is 5.95. The molecule has 3 rings (SSSR count). The molecule has 0 aliphatic carbocycles. The highest BCUT2D eigenvalue weighted by Crippen LogP contribution is 2.29. The van der Waals surface area contributed by atoms with Crippen LogP contribution >= 0.6 is 0 Å². The summed E-state index contributed by atoms with van der Waals surface area (Å²) in [6.07, 6.45) is 1.82. The number of hydrogen-bond acceptors (Lipinski definition) is 3. The Labute approximate surface area is 119 Å². The van der Waals surface area contributed by atoms with Crippen LogP contribution in [0.15, 0.2) is 30.5 Å². The Kier molecular flexibility index (Phi) is 3.08. The number of aryl methyl sites for hydroxylation is 1. The van der Waals surface area contributed by atoms with Crippen LogP contribution in [0.5, 0.6) is 0 Å². The van der Waals surface area contributed by atoms with Crippen molar-refractivity contribution in [2.24, 2.45) is 0 Å². The van der Waals surface area contributed by atoms with Crippen LogP contribution in [0.1, 0.15) is 12.5 Å². The number of piperazine rings is 1. The van der Waals surface area contributed by atoms with Crippen LogP contribution in [0.2, 0.25) is 0 Å². The molecule has 0 spiro atoms. The van der Waals surface area contributed by atoms with Gasteiger partial charge in [-0.25, -0.2) is 0 Å². The minimum absolute atomic E-state index is 0.125. The molecule has 4 nitrogen and oxygen atoms in total. The standard InChI is InChI=1S/C16H19N3O/c1-11-4-5-14-13(10-11)15(6-7-17-14)19-9-8-18(3)16(20)12(19)2/h4-7,10,12H,8-9H2,1-3H3. The molecule has 2 heterocycles. The molecule has 1 amide bonds. The minimum atomic E-state index is -0.125. The molecule has 2 aromatic rings. The van der Waals surface area contributed by atoms with Gasteiger partial charge in [0.15, 0.2) is 0 Å². The zero-order valence-corrected chi connectivity index (χ0v) is 12.1. The van der Waals surface area contributed by atoms with E-state index in [1.54, 1.807) is 4.90 Å². The third-order valence-corrected chi connectivity index (χ3v) is 4.06. The first-order valence-corrected chi connectivity index (χ1v) is 6.95. The molecule has 1 aromatic heterocycles. The lowest BCUT2D eigenvalue weighted by molar-refractivity contribution is -0.132. The average molecular weight is 269 g/mol. The number of carbonyl (C=O) groups is 1. The van der Waals surface area contributed by atoms with E-state index in [-0.39, 0.29) is 11.9 Å². The first-order chi connectivity index (χ1) is 9.58. The molecular formula is C16H19N3O. The fraction of sp³-hybridized carbons (Fsp3) is 0.375. The second-order valence-electron chi connectivity index (χ2n) is 5.48. The largest absolute Gasteiger partial charge is 0.357 e. The summed E-state index contributed by atoms with van der Waals surface area (Å²) in [6, 6.07) is 8.14. The van der Waals surface area contributed by atoms with Crippen molar-refractivity contribution in [3.63, 3.8) is 0 Å². The molecule has 1 aliphatic rings. The number of carbonyl (C=O) groups excluding carboxylic acids is 1. The van der Waals surface area contributed by atoms with Crippen molar-refractivity contribution in [1.29, 1.82) is 0 Å². The van der Waals surface area contributed by atoms with Gasteiger partial charge in [0.1, 0.15) is 6.04 Å². The molecule has 1 unspecified atom stereocenters. The SMILES string of the molecule is Cc1ccc2nccc(N3CCN(C)C(=O)C3C)c2c1. The number of anilines is 1. The van der Waals surface area contributed by atoms with Gasteiger partial charge in [-0.2, -0.15) is 0 Å². The lowest BCUT2D eigenvalue weighted by Gasteiger charge is -2.39. The number of rotatable bonds is 1. The second-order valence-corrected chi connectivity index (χ2v) is 5.48. The molecule has 0 N–H and O–H groups in total. The maximum Gasteiger partial charge on any atom is 0.244 e. The Morgan fingerprint density at radius 3 is 2.85 bits per heavy atom. The summed E-state index contributed by atoms with van der Waals surface area (Å²) < 4.78 is 0. The van der Waals surface area contributed by atoms with Crippen molar-refractivity contribution >= 4 is 22.5 Å². The molecule has 0 radical (unpaired) electrons. The summed E-state index contributed by atoms with van der Waals surface area (Å²) >= 11 is 0. The first-order valence-electron chi connectivity index (χ1n) is 6.95. The summed E-state index contributed by atoms with van der Waals surface area (Å²) in [5, 5.41) is 1.12. The van der Waals surface area contributed by atoms with E-state index in [2.05, 4.69) is 28.9 Å². The third kappa shape index (κ3) is 2.01. The average Bonchev–Trinajstić information content (AvgIpc) is 2.45. The van der Waals surface area contributed by atoms with Crippen molar-refractivity contribution in [3.05, 3.63) is 36.0 Å². The first kappa shape index (κ1) is 12.9. The van der Waals surface area contributed by atoms with Gasteiger partial charge in [-0.15, -0.1) is 0 Å². The van der Waals surface area contributed by atoms with Gasteiger partial charge in [0.05, 0.1) is 5.52 Å². The van der Waals surface area contributed by atoms with Crippen LogP contribution < -0.4 is 4.90 Å². The second kappa shape index (κ2) is 4.78. The molecule has 20 heavy (non-hydrogen) atoms. The van der Waals surface area contributed by atoms with E-state index in [1.165, 1.54) is 5.56 Å². The Morgan fingerprint density at radius 2 is 2.05 bits per heavy atom. The number of amides is 1. The van der Waals surface area contributed by atoms with Crippen LogP contribution in [0.25, 0.3) is 10.9 Å². The molecule has 1 aromatic carbocycles. The number of fused-ring (bicyclic) bond motifs is 1. The number of pyridine rings is 1. The highest BCUT2D eigenvalue weighted by atomic mass is 16.2. The van der Waals surface area contributed by atoms with Crippen LogP contribution in [-0.4, -0.2) is 42.0 Å². The summed E-state index contributed by atoms with van der Waals surface area (Å²) in [5.41, 5.74) is 3.29. The number of hydrogen-bond donors (Lipinski definition) is 0. The number of nitrogens with zero attached hydrogens (tertiary/aromatic N) is 3. The van der Waals surface area contributed by atoms with E-state index in [0.29, 0.717) is 0 Å². The maximum absolute atomic E-state index is 12.2. The van der Waals surface area contributed by atoms with Gasteiger partial charge in [-0.1, -0.05) is 11.6 Å². The number of benzene rings is 1. The van der Waals surface area contributed by atoms with E-state index in [0.717, 1.165) is 29.7 Å². The molecule has 0 bridgehead atoms. The summed E-state index contributed by atoms with van der Waals surface area (Å²) in [5.74, 6) is 0.175. The predicted octanol–water partition coefficient (Wildman–Crippen LogP) is 2.21. The zero-order valence-electron chi connectivity index (χ0n) is 12.1. The van der Waals surface area contributed by atoms with Gasteiger partial charge in [0.2, 0.25) is 5.91 Å². The van der Waals surface area contributed by atoms with Crippen molar-refractivity contribution in [1.82, 2.24) is 9.88 Å². The topological polar surface area (TPSA) is 36.4 Å². The van der Waals surface area contributed by atoms with E-state index in [9.17, 15) is 4.79 Å². The fourth-order valence-corrected chi connectivity index (χ4v) is 2.84. The summed E-state index contributed by atoms with van der Waals surface area (Å²) in [7, 11) is 1.87. The van der Waals surface area contributed by atoms with Crippen molar-refractivity contribution < 1.29 is 4.79 Å². The molecule has 4 heteroatoms. The van der Waals surface area contributed by atoms with E-state index < -0.39 is 0 Å². The van der Waals surface area contributed by atoms with E-state index in [1.807, 2.05) is 32.3 Å². The van der Waals surface area contributed by atoms with Gasteiger partial charge < -0.3 is 9.80 Å². The normalized spacial score (nSPS) is 19.8. The molecule has 1 saturated heterocycles. The summed E-state index contributed by atoms with van der Waals surface area (Å²) in [4.78, 5) is 20.6. The Balaban J connectivity index is 2.10. The number of likely N-dealkylation sites (N-methyl/N-ethyl adjacent to an activating group) is 1. The van der Waals surface area contributed by atoms with Gasteiger partial charge in [-0.3, -0.25) is 9.78 Å². The molecular weight excluding hydrogens is 250 g/mol. The Hall–Kier alpha value is -2.10. The molecule has 1 fully saturated rings.